The summed E-state index contributed by atoms with van der Waals surface area (Å²) in [7, 11) is -3.96. The SMILES string of the molecule is O=C(CCn1cncn1)Nc1ccc(NS(=O)(=O)c2c(Cl)cccc2Cl)cc1. The number of carbonyl (C=O) groups excluding carboxylic acids is 1. The van der Waals surface area contributed by atoms with Gasteiger partial charge in [0.05, 0.1) is 16.6 Å². The molecule has 0 aliphatic heterocycles. The molecule has 0 aliphatic carbocycles. The Labute approximate surface area is 171 Å². The number of halogens is 2. The lowest BCUT2D eigenvalue weighted by Crippen LogP contribution is -2.15. The van der Waals surface area contributed by atoms with E-state index in [4.69, 9.17) is 23.2 Å². The van der Waals surface area contributed by atoms with Crippen LogP contribution in [0.25, 0.3) is 0 Å². The highest BCUT2D eigenvalue weighted by atomic mass is 35.5. The van der Waals surface area contributed by atoms with Gasteiger partial charge in [-0.15, -0.1) is 0 Å². The molecule has 0 radical (unpaired) electrons. The molecule has 146 valence electrons. The summed E-state index contributed by atoms with van der Waals surface area (Å²) in [6.07, 6.45) is 3.15. The zero-order valence-electron chi connectivity index (χ0n) is 14.3. The number of carbonyl (C=O) groups is 1. The summed E-state index contributed by atoms with van der Waals surface area (Å²) in [5, 5.41) is 6.69. The molecule has 0 saturated heterocycles. The minimum Gasteiger partial charge on any atom is -0.326 e. The third-order valence-electron chi connectivity index (χ3n) is 3.64. The van der Waals surface area contributed by atoms with E-state index in [2.05, 4.69) is 20.1 Å². The molecule has 8 nitrogen and oxygen atoms in total. The van der Waals surface area contributed by atoms with Crippen LogP contribution in [0.15, 0.2) is 60.0 Å². The third-order valence-corrected chi connectivity index (χ3v) is 5.98. The average Bonchev–Trinajstić information content (AvgIpc) is 3.15. The van der Waals surface area contributed by atoms with Crippen LogP contribution < -0.4 is 10.0 Å². The van der Waals surface area contributed by atoms with Crippen molar-refractivity contribution in [2.45, 2.75) is 17.9 Å². The average molecular weight is 440 g/mol. The number of aryl methyl sites for hydroxylation is 1. The minimum absolute atomic E-state index is 0.0243. The van der Waals surface area contributed by atoms with Gasteiger partial charge in [-0.3, -0.25) is 14.2 Å². The highest BCUT2D eigenvalue weighted by molar-refractivity contribution is 7.93. The molecule has 0 atom stereocenters. The van der Waals surface area contributed by atoms with E-state index in [0.29, 0.717) is 17.9 Å². The van der Waals surface area contributed by atoms with Gasteiger partial charge in [0, 0.05) is 17.8 Å². The van der Waals surface area contributed by atoms with Gasteiger partial charge < -0.3 is 5.32 Å². The largest absolute Gasteiger partial charge is 0.326 e. The molecule has 2 N–H and O–H groups in total. The van der Waals surface area contributed by atoms with E-state index in [1.54, 1.807) is 22.9 Å². The highest BCUT2D eigenvalue weighted by Gasteiger charge is 2.21. The maximum atomic E-state index is 12.5. The van der Waals surface area contributed by atoms with Crippen molar-refractivity contribution in [3.8, 4) is 0 Å². The van der Waals surface area contributed by atoms with Crippen molar-refractivity contribution < 1.29 is 13.2 Å². The van der Waals surface area contributed by atoms with Crippen LogP contribution in [0.5, 0.6) is 0 Å². The van der Waals surface area contributed by atoms with E-state index in [0.717, 1.165) is 0 Å². The lowest BCUT2D eigenvalue weighted by atomic mass is 10.3. The zero-order valence-corrected chi connectivity index (χ0v) is 16.7. The Balaban J connectivity index is 1.63. The van der Waals surface area contributed by atoms with Gasteiger partial charge in [0.15, 0.2) is 0 Å². The van der Waals surface area contributed by atoms with E-state index in [1.807, 2.05) is 0 Å². The first-order valence-corrected chi connectivity index (χ1v) is 10.3. The summed E-state index contributed by atoms with van der Waals surface area (Å²) in [5.41, 5.74) is 0.832. The minimum atomic E-state index is -3.96. The van der Waals surface area contributed by atoms with Crippen LogP contribution in [-0.2, 0) is 21.4 Å². The number of rotatable bonds is 7. The van der Waals surface area contributed by atoms with Gasteiger partial charge in [-0.05, 0) is 36.4 Å². The normalized spacial score (nSPS) is 11.2. The number of nitrogens with one attached hydrogen (secondary N) is 2. The summed E-state index contributed by atoms with van der Waals surface area (Å²) in [5.74, 6) is -0.202. The molecule has 0 fully saturated rings. The fourth-order valence-corrected chi connectivity index (χ4v) is 4.56. The molecule has 1 aromatic heterocycles. The topological polar surface area (TPSA) is 106 Å². The standard InChI is InChI=1S/C17H15Cl2N5O3S/c18-14-2-1-3-15(19)17(14)28(26,27)23-13-6-4-12(5-7-13)22-16(25)8-9-24-11-20-10-21-24/h1-7,10-11,23H,8-9H2,(H,22,25). The van der Waals surface area contributed by atoms with Gasteiger partial charge in [0.25, 0.3) is 10.0 Å². The Hall–Kier alpha value is -2.62. The molecule has 2 aromatic carbocycles. The van der Waals surface area contributed by atoms with Crippen LogP contribution in [0.1, 0.15) is 6.42 Å². The summed E-state index contributed by atoms with van der Waals surface area (Å²) < 4.78 is 29.0. The van der Waals surface area contributed by atoms with E-state index < -0.39 is 10.0 Å². The molecule has 0 saturated carbocycles. The van der Waals surface area contributed by atoms with Crippen molar-refractivity contribution in [1.82, 2.24) is 14.8 Å². The van der Waals surface area contributed by atoms with Gasteiger partial charge in [-0.1, -0.05) is 29.3 Å². The van der Waals surface area contributed by atoms with Crippen molar-refractivity contribution >= 4 is 50.5 Å². The highest BCUT2D eigenvalue weighted by Crippen LogP contribution is 2.30. The molecule has 28 heavy (non-hydrogen) atoms. The molecular weight excluding hydrogens is 425 g/mol. The Morgan fingerprint density at radius 2 is 1.68 bits per heavy atom. The van der Waals surface area contributed by atoms with E-state index >= 15 is 0 Å². The first kappa shape index (κ1) is 20.1. The monoisotopic (exact) mass is 439 g/mol. The van der Waals surface area contributed by atoms with E-state index in [9.17, 15) is 13.2 Å². The van der Waals surface area contributed by atoms with Crippen molar-refractivity contribution in [1.29, 1.82) is 0 Å². The molecular formula is C17H15Cl2N5O3S. The summed E-state index contributed by atoms with van der Waals surface area (Å²) in [6.45, 7) is 0.405. The van der Waals surface area contributed by atoms with Crippen molar-refractivity contribution in [3.63, 3.8) is 0 Å². The number of amides is 1. The van der Waals surface area contributed by atoms with Gasteiger partial charge in [0.2, 0.25) is 5.91 Å². The van der Waals surface area contributed by atoms with E-state index in [-0.39, 0.29) is 27.3 Å². The number of hydrogen-bond acceptors (Lipinski definition) is 5. The maximum Gasteiger partial charge on any atom is 0.264 e. The third kappa shape index (κ3) is 5.00. The fraction of sp³-hybridized carbons (Fsp3) is 0.118. The van der Waals surface area contributed by atoms with Crippen LogP contribution in [0.4, 0.5) is 11.4 Å². The first-order chi connectivity index (χ1) is 13.3. The molecule has 0 spiro atoms. The number of aromatic nitrogens is 3. The van der Waals surface area contributed by atoms with Gasteiger partial charge >= 0.3 is 0 Å². The number of hydrogen-bond donors (Lipinski definition) is 2. The van der Waals surface area contributed by atoms with Crippen LogP contribution in [-0.4, -0.2) is 29.1 Å². The molecule has 1 amide bonds. The lowest BCUT2D eigenvalue weighted by Gasteiger charge is -2.12. The van der Waals surface area contributed by atoms with Crippen molar-refractivity contribution in [2.24, 2.45) is 0 Å². The van der Waals surface area contributed by atoms with Crippen molar-refractivity contribution in [2.75, 3.05) is 10.0 Å². The van der Waals surface area contributed by atoms with Crippen LogP contribution in [0.3, 0.4) is 0 Å². The first-order valence-electron chi connectivity index (χ1n) is 8.04. The predicted molar refractivity (Wildman–Crippen MR) is 107 cm³/mol. The quantitative estimate of drug-likeness (QED) is 0.586. The van der Waals surface area contributed by atoms with Gasteiger partial charge in [-0.2, -0.15) is 5.10 Å². The lowest BCUT2D eigenvalue weighted by molar-refractivity contribution is -0.116. The molecule has 0 aliphatic rings. The number of sulfonamides is 1. The summed E-state index contributed by atoms with van der Waals surface area (Å²) in [4.78, 5) is 15.6. The fourth-order valence-electron chi connectivity index (χ4n) is 2.35. The van der Waals surface area contributed by atoms with Gasteiger partial charge in [-0.25, -0.2) is 13.4 Å². The maximum absolute atomic E-state index is 12.5. The molecule has 3 rings (SSSR count). The second-order valence-electron chi connectivity index (χ2n) is 5.69. The van der Waals surface area contributed by atoms with Crippen LogP contribution >= 0.6 is 23.2 Å². The molecule has 0 bridgehead atoms. The Kier molecular flexibility index (Phi) is 6.18. The predicted octanol–water partition coefficient (Wildman–Crippen LogP) is 3.41. The number of anilines is 2. The Morgan fingerprint density at radius 3 is 2.29 bits per heavy atom. The molecule has 1 heterocycles. The van der Waals surface area contributed by atoms with Crippen molar-refractivity contribution in [3.05, 3.63) is 65.2 Å². The van der Waals surface area contributed by atoms with Gasteiger partial charge in [0.1, 0.15) is 17.6 Å². The number of nitrogens with zero attached hydrogens (tertiary/aromatic N) is 3. The van der Waals surface area contributed by atoms with Crippen LogP contribution in [0, 0.1) is 0 Å². The smallest absolute Gasteiger partial charge is 0.264 e. The molecule has 3 aromatic rings. The summed E-state index contributed by atoms with van der Waals surface area (Å²) in [6, 6.07) is 10.7. The molecule has 0 unspecified atom stereocenters. The molecule has 11 heteroatoms. The Morgan fingerprint density at radius 1 is 1.04 bits per heavy atom. The van der Waals surface area contributed by atoms with Crippen LogP contribution in [0.2, 0.25) is 10.0 Å². The zero-order chi connectivity index (χ0) is 20.1. The number of benzene rings is 2. The second-order valence-corrected chi connectivity index (χ2v) is 8.12. The summed E-state index contributed by atoms with van der Waals surface area (Å²) >= 11 is 11.9. The Bertz CT molecular complexity index is 1050. The van der Waals surface area contributed by atoms with E-state index in [1.165, 1.54) is 36.9 Å². The second kappa shape index (κ2) is 8.59.